The first-order chi connectivity index (χ1) is 29.5. The fraction of sp³-hybridized carbons (Fsp3) is 0.685. The first kappa shape index (κ1) is 56.6. The quantitative estimate of drug-likeness (QED) is 0.0200. The third kappa shape index (κ3) is 45.7. The molecule has 0 aromatic heterocycles. The van der Waals surface area contributed by atoms with E-state index in [0.717, 1.165) is 83.5 Å². The van der Waals surface area contributed by atoms with Gasteiger partial charge in [0.15, 0.2) is 6.10 Å². The van der Waals surface area contributed by atoms with Crippen LogP contribution in [0.2, 0.25) is 0 Å². The predicted molar refractivity (Wildman–Crippen MR) is 256 cm³/mol. The highest BCUT2D eigenvalue weighted by atomic mass is 16.6. The third-order valence-corrected chi connectivity index (χ3v) is 10.2. The second-order valence-corrected chi connectivity index (χ2v) is 16.0. The molecule has 0 aliphatic carbocycles. The molecule has 342 valence electrons. The van der Waals surface area contributed by atoms with Crippen molar-refractivity contribution in [1.82, 2.24) is 0 Å². The zero-order valence-electron chi connectivity index (χ0n) is 38.9. The second kappa shape index (κ2) is 48.3. The molecule has 0 bridgehead atoms. The standard InChI is InChI=1S/C54H90O6/c1-4-7-10-13-16-19-22-24-25-26-27-28-29-30-33-35-38-41-44-47-53(56)59-50-51(49-58-52(55)46-43-40-37-34-31-21-18-15-12-9-6-3)60-54(57)48-45-42-39-36-32-23-20-17-14-11-8-5-2/h8,11,15-22,24,31-32,36,51H,4-7,9-10,12-14,23,25-30,33-35,37-50H2,1-3H3/b11-8-,18-15-,19-16-,20-17-,24-22-,31-21-,36-32-. The molecule has 6 heteroatoms. The van der Waals surface area contributed by atoms with E-state index < -0.39 is 6.10 Å². The van der Waals surface area contributed by atoms with Gasteiger partial charge in [-0.3, -0.25) is 14.4 Å². The molecule has 0 heterocycles. The summed E-state index contributed by atoms with van der Waals surface area (Å²) in [5.41, 5.74) is 0. The number of carbonyl (C=O) groups excluding carboxylic acids is 3. The lowest BCUT2D eigenvalue weighted by atomic mass is 10.1. The Morgan fingerprint density at radius 2 is 0.717 bits per heavy atom. The third-order valence-electron chi connectivity index (χ3n) is 10.2. The fourth-order valence-corrected chi connectivity index (χ4v) is 6.42. The summed E-state index contributed by atoms with van der Waals surface area (Å²) in [6.07, 6.45) is 61.5. The molecule has 0 N–H and O–H groups in total. The number of unbranched alkanes of at least 4 members (excludes halogenated alkanes) is 20. The van der Waals surface area contributed by atoms with Crippen molar-refractivity contribution in [3.63, 3.8) is 0 Å². The highest BCUT2D eigenvalue weighted by Crippen LogP contribution is 2.14. The molecule has 60 heavy (non-hydrogen) atoms. The van der Waals surface area contributed by atoms with Crippen molar-refractivity contribution >= 4 is 17.9 Å². The average molecular weight is 835 g/mol. The van der Waals surface area contributed by atoms with Crippen LogP contribution in [0.3, 0.4) is 0 Å². The number of esters is 3. The molecule has 0 aromatic rings. The molecule has 0 aliphatic heterocycles. The fourth-order valence-electron chi connectivity index (χ4n) is 6.42. The molecule has 1 atom stereocenters. The highest BCUT2D eigenvalue weighted by molar-refractivity contribution is 5.71. The summed E-state index contributed by atoms with van der Waals surface area (Å²) in [5, 5.41) is 0. The summed E-state index contributed by atoms with van der Waals surface area (Å²) in [6, 6.07) is 0. The lowest BCUT2D eigenvalue weighted by molar-refractivity contribution is -0.167. The van der Waals surface area contributed by atoms with E-state index in [2.05, 4.69) is 106 Å². The van der Waals surface area contributed by atoms with E-state index >= 15 is 0 Å². The highest BCUT2D eigenvalue weighted by Gasteiger charge is 2.19. The van der Waals surface area contributed by atoms with Gasteiger partial charge in [-0.15, -0.1) is 0 Å². The Balaban J connectivity index is 4.40. The molecule has 0 aliphatic rings. The Labute approximate surface area is 369 Å². The first-order valence-corrected chi connectivity index (χ1v) is 24.6. The van der Waals surface area contributed by atoms with E-state index in [1.807, 2.05) is 0 Å². The van der Waals surface area contributed by atoms with E-state index in [9.17, 15) is 14.4 Å². The number of hydrogen-bond donors (Lipinski definition) is 0. The van der Waals surface area contributed by atoms with Crippen molar-refractivity contribution in [3.8, 4) is 0 Å². The van der Waals surface area contributed by atoms with E-state index in [1.54, 1.807) is 0 Å². The van der Waals surface area contributed by atoms with Gasteiger partial charge in [0.1, 0.15) is 13.2 Å². The Kier molecular flexibility index (Phi) is 45.5. The SMILES string of the molecule is CC/C=C\C/C=C\C/C=C\CCCCC(=O)OC(COC(=O)CCCCC/C=C\C=C/CCCC)COC(=O)CCCCCCCCCCCC/C=C\C=C/CCCCC. The maximum Gasteiger partial charge on any atom is 0.306 e. The molecule has 1 unspecified atom stereocenters. The van der Waals surface area contributed by atoms with Crippen molar-refractivity contribution in [1.29, 1.82) is 0 Å². The van der Waals surface area contributed by atoms with Gasteiger partial charge in [-0.05, 0) is 96.3 Å². The molecule has 0 spiro atoms. The van der Waals surface area contributed by atoms with Gasteiger partial charge in [0.2, 0.25) is 0 Å². The van der Waals surface area contributed by atoms with E-state index in [4.69, 9.17) is 14.2 Å². The summed E-state index contributed by atoms with van der Waals surface area (Å²) in [7, 11) is 0. The summed E-state index contributed by atoms with van der Waals surface area (Å²) < 4.78 is 16.7. The zero-order chi connectivity index (χ0) is 43.7. The maximum atomic E-state index is 12.7. The van der Waals surface area contributed by atoms with Crippen LogP contribution in [-0.2, 0) is 28.6 Å². The van der Waals surface area contributed by atoms with Gasteiger partial charge in [0, 0.05) is 19.3 Å². The summed E-state index contributed by atoms with van der Waals surface area (Å²) in [4.78, 5) is 37.8. The second-order valence-electron chi connectivity index (χ2n) is 16.0. The van der Waals surface area contributed by atoms with Crippen LogP contribution in [0.25, 0.3) is 0 Å². The van der Waals surface area contributed by atoms with Crippen LogP contribution < -0.4 is 0 Å². The molecule has 0 saturated carbocycles. The van der Waals surface area contributed by atoms with Gasteiger partial charge < -0.3 is 14.2 Å². The minimum absolute atomic E-state index is 0.103. The van der Waals surface area contributed by atoms with Crippen molar-refractivity contribution in [3.05, 3.63) is 85.1 Å². The van der Waals surface area contributed by atoms with E-state index in [1.165, 1.54) is 89.9 Å². The zero-order valence-corrected chi connectivity index (χ0v) is 38.9. The molecule has 6 nitrogen and oxygen atoms in total. The average Bonchev–Trinajstić information content (AvgIpc) is 3.24. The molecule has 0 saturated heterocycles. The Morgan fingerprint density at radius 1 is 0.367 bits per heavy atom. The van der Waals surface area contributed by atoms with Crippen LogP contribution in [0.1, 0.15) is 220 Å². The maximum absolute atomic E-state index is 12.7. The summed E-state index contributed by atoms with van der Waals surface area (Å²) in [6.45, 7) is 6.37. The van der Waals surface area contributed by atoms with E-state index in [-0.39, 0.29) is 37.5 Å². The normalized spacial score (nSPS) is 12.8. The minimum Gasteiger partial charge on any atom is -0.462 e. The van der Waals surface area contributed by atoms with Gasteiger partial charge in [0.25, 0.3) is 0 Å². The number of allylic oxidation sites excluding steroid dienone is 14. The minimum atomic E-state index is -0.807. The lowest BCUT2D eigenvalue weighted by Crippen LogP contribution is -2.30. The topological polar surface area (TPSA) is 78.9 Å². The Morgan fingerprint density at radius 3 is 1.22 bits per heavy atom. The molecular formula is C54H90O6. The summed E-state index contributed by atoms with van der Waals surface area (Å²) >= 11 is 0. The van der Waals surface area contributed by atoms with Crippen LogP contribution in [0.5, 0.6) is 0 Å². The molecular weight excluding hydrogens is 745 g/mol. The first-order valence-electron chi connectivity index (χ1n) is 24.6. The van der Waals surface area contributed by atoms with Gasteiger partial charge in [-0.1, -0.05) is 189 Å². The van der Waals surface area contributed by atoms with Gasteiger partial charge in [0.05, 0.1) is 0 Å². The molecule has 0 aromatic carbocycles. The van der Waals surface area contributed by atoms with Crippen molar-refractivity contribution in [2.24, 2.45) is 0 Å². The van der Waals surface area contributed by atoms with Crippen LogP contribution >= 0.6 is 0 Å². The monoisotopic (exact) mass is 835 g/mol. The van der Waals surface area contributed by atoms with Crippen LogP contribution in [-0.4, -0.2) is 37.2 Å². The predicted octanol–water partition coefficient (Wildman–Crippen LogP) is 16.0. The smallest absolute Gasteiger partial charge is 0.306 e. The van der Waals surface area contributed by atoms with Gasteiger partial charge in [-0.25, -0.2) is 0 Å². The molecule has 0 radical (unpaired) electrons. The lowest BCUT2D eigenvalue weighted by Gasteiger charge is -2.18. The Hall–Kier alpha value is -3.41. The van der Waals surface area contributed by atoms with E-state index in [0.29, 0.717) is 19.3 Å². The molecule has 0 fully saturated rings. The van der Waals surface area contributed by atoms with Gasteiger partial charge >= 0.3 is 17.9 Å². The number of ether oxygens (including phenoxy) is 3. The number of rotatable bonds is 43. The van der Waals surface area contributed by atoms with Crippen LogP contribution in [0.4, 0.5) is 0 Å². The number of carbonyl (C=O) groups is 3. The summed E-state index contributed by atoms with van der Waals surface area (Å²) in [5.74, 6) is -0.981. The van der Waals surface area contributed by atoms with Crippen molar-refractivity contribution in [2.75, 3.05) is 13.2 Å². The number of hydrogen-bond acceptors (Lipinski definition) is 6. The van der Waals surface area contributed by atoms with Crippen LogP contribution in [0, 0.1) is 0 Å². The van der Waals surface area contributed by atoms with Gasteiger partial charge in [-0.2, -0.15) is 0 Å². The molecule has 0 rings (SSSR count). The van der Waals surface area contributed by atoms with Crippen molar-refractivity contribution in [2.45, 2.75) is 226 Å². The van der Waals surface area contributed by atoms with Crippen molar-refractivity contribution < 1.29 is 28.6 Å². The molecule has 0 amide bonds. The van der Waals surface area contributed by atoms with Crippen LogP contribution in [0.15, 0.2) is 85.1 Å². The largest absolute Gasteiger partial charge is 0.462 e. The Bertz CT molecular complexity index is 1190.